The Morgan fingerprint density at radius 3 is 2.52 bits per heavy atom. The number of benzene rings is 1. The van der Waals surface area contributed by atoms with Gasteiger partial charge in [-0.25, -0.2) is 0 Å². The molecule has 2 rings (SSSR count). The minimum atomic E-state index is 0.143. The predicted octanol–water partition coefficient (Wildman–Crippen LogP) is 3.11. The molecule has 0 radical (unpaired) electrons. The Hall–Kier alpha value is -0.420. The van der Waals surface area contributed by atoms with Crippen LogP contribution in [0.5, 0.6) is 0 Å². The first-order valence-electron chi connectivity index (χ1n) is 7.87. The van der Waals surface area contributed by atoms with E-state index in [4.69, 9.17) is 5.73 Å². The zero-order valence-electron chi connectivity index (χ0n) is 13.4. The molecule has 2 N–H and O–H groups in total. The van der Waals surface area contributed by atoms with Gasteiger partial charge in [-0.3, -0.25) is 4.90 Å². The van der Waals surface area contributed by atoms with Crippen molar-refractivity contribution in [3.8, 4) is 0 Å². The van der Waals surface area contributed by atoms with Crippen LogP contribution in [-0.4, -0.2) is 49.6 Å². The number of rotatable bonds is 5. The van der Waals surface area contributed by atoms with E-state index in [9.17, 15) is 0 Å². The van der Waals surface area contributed by atoms with Crippen LogP contribution in [0.3, 0.4) is 0 Å². The van der Waals surface area contributed by atoms with Crippen molar-refractivity contribution in [1.82, 2.24) is 9.80 Å². The Balaban J connectivity index is 2.04. The van der Waals surface area contributed by atoms with Gasteiger partial charge in [-0.2, -0.15) is 0 Å². The lowest BCUT2D eigenvalue weighted by Gasteiger charge is -2.40. The maximum absolute atomic E-state index is 6.30. The first-order chi connectivity index (χ1) is 9.97. The molecule has 0 amide bonds. The summed E-state index contributed by atoms with van der Waals surface area (Å²) in [6.45, 7) is 5.62. The molecule has 1 aliphatic heterocycles. The molecule has 1 fully saturated rings. The lowest BCUT2D eigenvalue weighted by molar-refractivity contribution is 0.108. The van der Waals surface area contributed by atoms with E-state index in [1.807, 2.05) is 0 Å². The molecule has 1 aliphatic rings. The summed E-state index contributed by atoms with van der Waals surface area (Å²) in [5, 5.41) is 0. The minimum absolute atomic E-state index is 0.143. The van der Waals surface area contributed by atoms with Crippen molar-refractivity contribution in [1.29, 1.82) is 0 Å². The quantitative estimate of drug-likeness (QED) is 0.882. The van der Waals surface area contributed by atoms with Crippen molar-refractivity contribution in [2.75, 3.05) is 33.7 Å². The average Bonchev–Trinajstić information content (AvgIpc) is 2.40. The number of halogens is 1. The van der Waals surface area contributed by atoms with Crippen LogP contribution in [-0.2, 0) is 0 Å². The number of hydrogen-bond donors (Lipinski definition) is 1. The first kappa shape index (κ1) is 16.9. The van der Waals surface area contributed by atoms with Crippen molar-refractivity contribution in [3.05, 3.63) is 34.3 Å². The average molecular weight is 354 g/mol. The van der Waals surface area contributed by atoms with Crippen LogP contribution in [0.25, 0.3) is 0 Å². The van der Waals surface area contributed by atoms with Gasteiger partial charge in [0.05, 0.1) is 0 Å². The van der Waals surface area contributed by atoms with Crippen LogP contribution in [0.2, 0.25) is 0 Å². The van der Waals surface area contributed by atoms with Crippen LogP contribution >= 0.6 is 15.9 Å². The largest absolute Gasteiger partial charge is 0.326 e. The highest BCUT2D eigenvalue weighted by atomic mass is 79.9. The number of hydrogen-bond acceptors (Lipinski definition) is 3. The van der Waals surface area contributed by atoms with E-state index in [-0.39, 0.29) is 6.04 Å². The number of likely N-dealkylation sites (tertiary alicyclic amines) is 1. The SMILES string of the molecule is CC(N)C(c1cccc(Br)c1)N1CCC(CN(C)C)CC1. The van der Waals surface area contributed by atoms with Crippen LogP contribution < -0.4 is 5.73 Å². The molecule has 0 saturated carbocycles. The van der Waals surface area contributed by atoms with Crippen molar-refractivity contribution in [3.63, 3.8) is 0 Å². The fourth-order valence-corrected chi connectivity index (χ4v) is 3.88. The maximum Gasteiger partial charge on any atom is 0.0496 e. The van der Waals surface area contributed by atoms with Crippen molar-refractivity contribution < 1.29 is 0 Å². The van der Waals surface area contributed by atoms with Gasteiger partial charge in [0.1, 0.15) is 0 Å². The highest BCUT2D eigenvalue weighted by Crippen LogP contribution is 2.30. The summed E-state index contributed by atoms with van der Waals surface area (Å²) in [5.74, 6) is 0.826. The molecule has 4 heteroatoms. The van der Waals surface area contributed by atoms with Gasteiger partial charge in [0.2, 0.25) is 0 Å². The molecule has 21 heavy (non-hydrogen) atoms. The number of piperidine rings is 1. The molecule has 1 saturated heterocycles. The molecule has 1 aromatic rings. The Bertz CT molecular complexity index is 439. The molecule has 0 aliphatic carbocycles. The normalized spacial score (nSPS) is 20.7. The lowest BCUT2D eigenvalue weighted by Crippen LogP contribution is -2.44. The fraction of sp³-hybridized carbons (Fsp3) is 0.647. The Morgan fingerprint density at radius 2 is 2.00 bits per heavy atom. The molecular weight excluding hydrogens is 326 g/mol. The van der Waals surface area contributed by atoms with Crippen molar-refractivity contribution in [2.24, 2.45) is 11.7 Å². The van der Waals surface area contributed by atoms with E-state index in [0.717, 1.165) is 23.5 Å². The summed E-state index contributed by atoms with van der Waals surface area (Å²) in [4.78, 5) is 4.87. The Labute approximate surface area is 137 Å². The summed E-state index contributed by atoms with van der Waals surface area (Å²) in [5.41, 5.74) is 7.62. The third-order valence-corrected chi connectivity index (χ3v) is 4.85. The summed E-state index contributed by atoms with van der Waals surface area (Å²) >= 11 is 3.58. The second-order valence-corrected chi connectivity index (χ2v) is 7.52. The molecule has 0 bridgehead atoms. The van der Waals surface area contributed by atoms with E-state index >= 15 is 0 Å². The Morgan fingerprint density at radius 1 is 1.33 bits per heavy atom. The predicted molar refractivity (Wildman–Crippen MR) is 93.4 cm³/mol. The van der Waals surface area contributed by atoms with Crippen LogP contribution in [0.4, 0.5) is 0 Å². The summed E-state index contributed by atoms with van der Waals surface area (Å²) in [7, 11) is 4.33. The number of nitrogens with two attached hydrogens (primary N) is 1. The molecular formula is C17H28BrN3. The second-order valence-electron chi connectivity index (χ2n) is 6.60. The monoisotopic (exact) mass is 353 g/mol. The van der Waals surface area contributed by atoms with E-state index in [2.05, 4.69) is 71.0 Å². The molecule has 3 nitrogen and oxygen atoms in total. The molecule has 2 atom stereocenters. The maximum atomic E-state index is 6.30. The van der Waals surface area contributed by atoms with Gasteiger partial charge < -0.3 is 10.6 Å². The standard InChI is InChI=1S/C17H28BrN3/c1-13(19)17(15-5-4-6-16(18)11-15)21-9-7-14(8-10-21)12-20(2)3/h4-6,11,13-14,17H,7-10,12,19H2,1-3H3. The molecule has 0 spiro atoms. The van der Waals surface area contributed by atoms with Gasteiger partial charge >= 0.3 is 0 Å². The van der Waals surface area contributed by atoms with Gasteiger partial charge in [0.15, 0.2) is 0 Å². The molecule has 1 aromatic carbocycles. The second kappa shape index (κ2) is 7.73. The van der Waals surface area contributed by atoms with Gasteiger partial charge in [0, 0.05) is 23.1 Å². The van der Waals surface area contributed by atoms with Crippen molar-refractivity contribution in [2.45, 2.75) is 31.8 Å². The first-order valence-corrected chi connectivity index (χ1v) is 8.66. The van der Waals surface area contributed by atoms with Gasteiger partial charge in [-0.1, -0.05) is 28.1 Å². The molecule has 118 valence electrons. The van der Waals surface area contributed by atoms with E-state index in [1.54, 1.807) is 0 Å². The van der Waals surface area contributed by atoms with Crippen LogP contribution in [0.15, 0.2) is 28.7 Å². The van der Waals surface area contributed by atoms with Gasteiger partial charge in [-0.15, -0.1) is 0 Å². The Kier molecular flexibility index (Phi) is 6.23. The van der Waals surface area contributed by atoms with Gasteiger partial charge in [-0.05, 0) is 70.6 Å². The number of nitrogens with zero attached hydrogens (tertiary/aromatic N) is 2. The highest BCUT2D eigenvalue weighted by molar-refractivity contribution is 9.10. The zero-order valence-corrected chi connectivity index (χ0v) is 15.0. The summed E-state index contributed by atoms with van der Waals surface area (Å²) in [6, 6.07) is 9.05. The molecule has 1 heterocycles. The van der Waals surface area contributed by atoms with E-state index < -0.39 is 0 Å². The van der Waals surface area contributed by atoms with Crippen molar-refractivity contribution >= 4 is 15.9 Å². The minimum Gasteiger partial charge on any atom is -0.326 e. The van der Waals surface area contributed by atoms with E-state index in [0.29, 0.717) is 6.04 Å². The topological polar surface area (TPSA) is 32.5 Å². The smallest absolute Gasteiger partial charge is 0.0496 e. The highest BCUT2D eigenvalue weighted by Gasteiger charge is 2.28. The van der Waals surface area contributed by atoms with Crippen LogP contribution in [0.1, 0.15) is 31.4 Å². The third-order valence-electron chi connectivity index (χ3n) is 4.35. The molecule has 2 unspecified atom stereocenters. The van der Waals surface area contributed by atoms with Gasteiger partial charge in [0.25, 0.3) is 0 Å². The summed E-state index contributed by atoms with van der Waals surface area (Å²) < 4.78 is 1.13. The zero-order chi connectivity index (χ0) is 15.4. The fourth-order valence-electron chi connectivity index (χ4n) is 3.47. The third kappa shape index (κ3) is 4.78. The van der Waals surface area contributed by atoms with Crippen LogP contribution in [0, 0.1) is 5.92 Å². The molecule has 0 aromatic heterocycles. The lowest BCUT2D eigenvalue weighted by atomic mass is 9.92. The summed E-state index contributed by atoms with van der Waals surface area (Å²) in [6.07, 6.45) is 2.55. The van der Waals surface area contributed by atoms with E-state index in [1.165, 1.54) is 24.9 Å².